The number of carboxylic acid groups (broad SMARTS) is 1. The van der Waals surface area contributed by atoms with E-state index in [4.69, 9.17) is 9.84 Å². The van der Waals surface area contributed by atoms with Crippen molar-refractivity contribution in [2.75, 3.05) is 7.11 Å². The van der Waals surface area contributed by atoms with E-state index in [0.29, 0.717) is 11.4 Å². The van der Waals surface area contributed by atoms with Crippen LogP contribution in [-0.4, -0.2) is 33.2 Å². The van der Waals surface area contributed by atoms with Gasteiger partial charge in [0.2, 0.25) is 0 Å². The highest BCUT2D eigenvalue weighted by molar-refractivity contribution is 5.84. The quantitative estimate of drug-likeness (QED) is 0.864. The van der Waals surface area contributed by atoms with Crippen LogP contribution in [-0.2, 0) is 0 Å². The van der Waals surface area contributed by atoms with Crippen LogP contribution >= 0.6 is 0 Å². The number of ether oxygens (including phenoxy) is 1. The Morgan fingerprint density at radius 3 is 2.82 bits per heavy atom. The topological polar surface area (TPSA) is 77.2 Å². The van der Waals surface area contributed by atoms with E-state index >= 15 is 0 Å². The normalized spacial score (nSPS) is 10.2. The van der Waals surface area contributed by atoms with Gasteiger partial charge < -0.3 is 9.84 Å². The Labute approximate surface area is 97.4 Å². The number of hydrogen-bond acceptors (Lipinski definition) is 4. The van der Waals surface area contributed by atoms with Crippen molar-refractivity contribution in [2.45, 2.75) is 6.92 Å². The van der Waals surface area contributed by atoms with Crippen LogP contribution in [0, 0.1) is 6.92 Å². The number of aromatic carboxylic acids is 1. The number of methoxy groups -OCH3 is 1. The van der Waals surface area contributed by atoms with Gasteiger partial charge in [-0.05, 0) is 24.6 Å². The maximum Gasteiger partial charge on any atom is 0.358 e. The van der Waals surface area contributed by atoms with Crippen LogP contribution in [0.25, 0.3) is 5.69 Å². The van der Waals surface area contributed by atoms with E-state index in [9.17, 15) is 4.79 Å². The third-order valence-corrected chi connectivity index (χ3v) is 2.29. The molecule has 0 amide bonds. The molecule has 1 N–H and O–H groups in total. The van der Waals surface area contributed by atoms with Crippen molar-refractivity contribution in [3.63, 3.8) is 0 Å². The molecule has 1 aromatic heterocycles. The lowest BCUT2D eigenvalue weighted by atomic mass is 10.2. The monoisotopic (exact) mass is 233 g/mol. The number of carbonyl (C=O) groups is 1. The summed E-state index contributed by atoms with van der Waals surface area (Å²) in [5, 5.41) is 16.1. The van der Waals surface area contributed by atoms with Gasteiger partial charge in [-0.3, -0.25) is 0 Å². The molecule has 88 valence electrons. The maximum absolute atomic E-state index is 10.7. The van der Waals surface area contributed by atoms with Gasteiger partial charge in [-0.25, -0.2) is 9.48 Å². The van der Waals surface area contributed by atoms with E-state index in [-0.39, 0.29) is 5.69 Å². The van der Waals surface area contributed by atoms with E-state index in [1.807, 2.05) is 19.1 Å². The standard InChI is InChI=1S/C11H11N3O3/c1-7-3-4-10(17-2)9(5-7)14-6-8(11(15)16)12-13-14/h3-6H,1-2H3,(H,15,16). The van der Waals surface area contributed by atoms with E-state index in [0.717, 1.165) is 5.56 Å². The van der Waals surface area contributed by atoms with Crippen LogP contribution in [0.1, 0.15) is 16.1 Å². The molecule has 6 heteroatoms. The van der Waals surface area contributed by atoms with Crippen LogP contribution in [0.2, 0.25) is 0 Å². The molecule has 0 aliphatic carbocycles. The second-order valence-electron chi connectivity index (χ2n) is 3.53. The molecule has 2 aromatic rings. The van der Waals surface area contributed by atoms with E-state index < -0.39 is 5.97 Å². The second-order valence-corrected chi connectivity index (χ2v) is 3.53. The van der Waals surface area contributed by atoms with Gasteiger partial charge in [0.1, 0.15) is 11.4 Å². The van der Waals surface area contributed by atoms with E-state index in [1.54, 1.807) is 13.2 Å². The minimum Gasteiger partial charge on any atom is -0.494 e. The fraction of sp³-hybridized carbons (Fsp3) is 0.182. The van der Waals surface area contributed by atoms with Gasteiger partial charge in [-0.2, -0.15) is 0 Å². The summed E-state index contributed by atoms with van der Waals surface area (Å²) >= 11 is 0. The molecular formula is C11H11N3O3. The first-order valence-electron chi connectivity index (χ1n) is 4.92. The lowest BCUT2D eigenvalue weighted by molar-refractivity contribution is 0.0690. The molecule has 17 heavy (non-hydrogen) atoms. The molecule has 1 aromatic carbocycles. The predicted molar refractivity (Wildman–Crippen MR) is 59.6 cm³/mol. The molecule has 0 aliphatic heterocycles. The van der Waals surface area contributed by atoms with E-state index in [1.165, 1.54) is 10.9 Å². The van der Waals surface area contributed by atoms with Crippen molar-refractivity contribution in [2.24, 2.45) is 0 Å². The summed E-state index contributed by atoms with van der Waals surface area (Å²) in [7, 11) is 1.54. The van der Waals surface area contributed by atoms with Gasteiger partial charge in [-0.15, -0.1) is 5.10 Å². The Morgan fingerprint density at radius 1 is 1.47 bits per heavy atom. The van der Waals surface area contributed by atoms with Crippen LogP contribution in [0.5, 0.6) is 5.75 Å². The van der Waals surface area contributed by atoms with E-state index in [2.05, 4.69) is 10.3 Å². The van der Waals surface area contributed by atoms with Gasteiger partial charge in [0.05, 0.1) is 13.3 Å². The summed E-state index contributed by atoms with van der Waals surface area (Å²) in [6.07, 6.45) is 1.35. The van der Waals surface area contributed by atoms with Gasteiger partial charge in [0.15, 0.2) is 5.69 Å². The predicted octanol–water partition coefficient (Wildman–Crippen LogP) is 1.28. The Balaban J connectivity index is 2.51. The first-order valence-corrected chi connectivity index (χ1v) is 4.92. The molecule has 0 saturated carbocycles. The Kier molecular flexibility index (Phi) is 2.78. The van der Waals surface area contributed by atoms with Crippen LogP contribution < -0.4 is 4.74 Å². The molecule has 0 radical (unpaired) electrons. The number of rotatable bonds is 3. The van der Waals surface area contributed by atoms with Crippen molar-refractivity contribution >= 4 is 5.97 Å². The number of aryl methyl sites for hydroxylation is 1. The van der Waals surface area contributed by atoms with Crippen LogP contribution in [0.3, 0.4) is 0 Å². The van der Waals surface area contributed by atoms with Gasteiger partial charge >= 0.3 is 5.97 Å². The lowest BCUT2D eigenvalue weighted by Crippen LogP contribution is -1.99. The lowest BCUT2D eigenvalue weighted by Gasteiger charge is -2.08. The van der Waals surface area contributed by atoms with Gasteiger partial charge in [-0.1, -0.05) is 11.3 Å². The first-order chi connectivity index (χ1) is 8.11. The molecule has 0 unspecified atom stereocenters. The summed E-state index contributed by atoms with van der Waals surface area (Å²) in [6.45, 7) is 1.93. The Hall–Kier alpha value is -2.37. The van der Waals surface area contributed by atoms with Crippen molar-refractivity contribution in [3.8, 4) is 11.4 Å². The zero-order valence-corrected chi connectivity index (χ0v) is 9.41. The smallest absolute Gasteiger partial charge is 0.358 e. The fourth-order valence-corrected chi connectivity index (χ4v) is 1.46. The summed E-state index contributed by atoms with van der Waals surface area (Å²) < 4.78 is 6.57. The van der Waals surface area contributed by atoms with Crippen molar-refractivity contribution in [3.05, 3.63) is 35.7 Å². The molecule has 2 rings (SSSR count). The highest BCUT2D eigenvalue weighted by atomic mass is 16.5. The molecule has 0 spiro atoms. The molecule has 0 aliphatic rings. The maximum atomic E-state index is 10.7. The molecule has 1 heterocycles. The van der Waals surface area contributed by atoms with Gasteiger partial charge in [0, 0.05) is 0 Å². The summed E-state index contributed by atoms with van der Waals surface area (Å²) in [6, 6.07) is 5.54. The van der Waals surface area contributed by atoms with Gasteiger partial charge in [0.25, 0.3) is 0 Å². The largest absolute Gasteiger partial charge is 0.494 e. The summed E-state index contributed by atoms with van der Waals surface area (Å²) in [5.74, 6) is -0.500. The number of nitrogens with zero attached hydrogens (tertiary/aromatic N) is 3. The molecular weight excluding hydrogens is 222 g/mol. The Morgan fingerprint density at radius 2 is 2.24 bits per heavy atom. The minimum absolute atomic E-state index is 0.103. The second kappa shape index (κ2) is 4.25. The first kappa shape index (κ1) is 11.1. The SMILES string of the molecule is COc1ccc(C)cc1-n1cc(C(=O)O)nn1. The third-order valence-electron chi connectivity index (χ3n) is 2.29. The number of carboxylic acids is 1. The number of benzene rings is 1. The average Bonchev–Trinajstić information content (AvgIpc) is 2.78. The van der Waals surface area contributed by atoms with Crippen molar-refractivity contribution < 1.29 is 14.6 Å². The zero-order valence-electron chi connectivity index (χ0n) is 9.41. The highest BCUT2D eigenvalue weighted by Gasteiger charge is 2.12. The number of aromatic nitrogens is 3. The third kappa shape index (κ3) is 2.10. The minimum atomic E-state index is -1.11. The highest BCUT2D eigenvalue weighted by Crippen LogP contribution is 2.23. The zero-order chi connectivity index (χ0) is 12.4. The molecule has 0 saturated heterocycles. The fourth-order valence-electron chi connectivity index (χ4n) is 1.46. The van der Waals surface area contributed by atoms with Crippen molar-refractivity contribution in [1.82, 2.24) is 15.0 Å². The number of hydrogen-bond donors (Lipinski definition) is 1. The molecule has 6 nitrogen and oxygen atoms in total. The molecule has 0 fully saturated rings. The van der Waals surface area contributed by atoms with Crippen LogP contribution in [0.15, 0.2) is 24.4 Å². The average molecular weight is 233 g/mol. The molecule has 0 bridgehead atoms. The van der Waals surface area contributed by atoms with Crippen molar-refractivity contribution in [1.29, 1.82) is 0 Å². The Bertz CT molecular complexity index is 563. The van der Waals surface area contributed by atoms with Crippen LogP contribution in [0.4, 0.5) is 0 Å². The summed E-state index contributed by atoms with van der Waals surface area (Å²) in [5.41, 5.74) is 1.58. The summed E-state index contributed by atoms with van der Waals surface area (Å²) in [4.78, 5) is 10.7. The molecule has 0 atom stereocenters.